The Balaban J connectivity index is 2.27. The third kappa shape index (κ3) is 4.95. The second kappa shape index (κ2) is 7.90. The monoisotopic (exact) mass is 225 g/mol. The van der Waals surface area contributed by atoms with Gasteiger partial charge in [0.1, 0.15) is 0 Å². The first kappa shape index (κ1) is 12.7. The molecule has 0 aromatic carbocycles. The zero-order valence-corrected chi connectivity index (χ0v) is 9.57. The molecule has 0 aliphatic carbocycles. The van der Waals surface area contributed by atoms with Crippen molar-refractivity contribution >= 4 is 11.4 Å². The third-order valence-electron chi connectivity index (χ3n) is 1.93. The van der Waals surface area contributed by atoms with Gasteiger partial charge in [0, 0.05) is 13.1 Å². The van der Waals surface area contributed by atoms with Crippen molar-refractivity contribution in [2.75, 3.05) is 43.5 Å². The van der Waals surface area contributed by atoms with Crippen LogP contribution in [-0.4, -0.2) is 43.0 Å². The maximum atomic E-state index is 8.51. The molecule has 0 unspecified atom stereocenters. The summed E-state index contributed by atoms with van der Waals surface area (Å²) in [5.74, 6) is 0. The lowest BCUT2D eigenvalue weighted by Crippen LogP contribution is -2.11. The first-order valence-corrected chi connectivity index (χ1v) is 5.48. The van der Waals surface area contributed by atoms with Gasteiger partial charge in [0.05, 0.1) is 43.6 Å². The quantitative estimate of drug-likeness (QED) is 0.574. The first-order valence-electron chi connectivity index (χ1n) is 5.48. The second-order valence-corrected chi connectivity index (χ2v) is 3.26. The Morgan fingerprint density at radius 3 is 2.69 bits per heavy atom. The number of nitrogens with one attached hydrogen (secondary N) is 2. The first-order chi connectivity index (χ1) is 7.86. The Bertz CT molecular complexity index is 294. The molecule has 1 rings (SSSR count). The maximum absolute atomic E-state index is 8.51. The minimum atomic E-state index is 0.0669. The Labute approximate surface area is 95.8 Å². The predicted octanol–water partition coefficient (Wildman–Crippen LogP) is 0.934. The fraction of sp³-hybridized carbons (Fsp3) is 0.545. The van der Waals surface area contributed by atoms with Gasteiger partial charge in [-0.2, -0.15) is 0 Å². The molecule has 0 aliphatic rings. The summed E-state index contributed by atoms with van der Waals surface area (Å²) in [6.07, 6.45) is 3.56. The van der Waals surface area contributed by atoms with Gasteiger partial charge in [-0.05, 0) is 13.0 Å². The van der Waals surface area contributed by atoms with E-state index in [-0.39, 0.29) is 6.61 Å². The van der Waals surface area contributed by atoms with E-state index in [0.717, 1.165) is 17.9 Å². The van der Waals surface area contributed by atoms with Crippen LogP contribution in [0.3, 0.4) is 0 Å². The molecule has 0 saturated heterocycles. The summed E-state index contributed by atoms with van der Waals surface area (Å²) in [6.45, 7) is 4.66. The smallest absolute Gasteiger partial charge is 0.0698 e. The molecule has 16 heavy (non-hydrogen) atoms. The number of nitrogens with zero attached hydrogens (tertiary/aromatic N) is 1. The van der Waals surface area contributed by atoms with Gasteiger partial charge < -0.3 is 20.5 Å². The van der Waals surface area contributed by atoms with Crippen molar-refractivity contribution in [3.05, 3.63) is 18.5 Å². The van der Waals surface area contributed by atoms with Crippen molar-refractivity contribution in [3.63, 3.8) is 0 Å². The average molecular weight is 225 g/mol. The van der Waals surface area contributed by atoms with Crippen LogP contribution in [0.1, 0.15) is 6.92 Å². The van der Waals surface area contributed by atoms with Gasteiger partial charge in [-0.25, -0.2) is 0 Å². The summed E-state index contributed by atoms with van der Waals surface area (Å²) in [7, 11) is 0. The molecule has 0 radical (unpaired) electrons. The lowest BCUT2D eigenvalue weighted by molar-refractivity contribution is 0.0992. The number of hydrogen-bond acceptors (Lipinski definition) is 5. The molecule has 0 spiro atoms. The summed E-state index contributed by atoms with van der Waals surface area (Å²) >= 11 is 0. The molecule has 5 heteroatoms. The van der Waals surface area contributed by atoms with Crippen LogP contribution in [0.5, 0.6) is 0 Å². The molecule has 0 atom stereocenters. The van der Waals surface area contributed by atoms with Crippen LogP contribution in [0, 0.1) is 0 Å². The van der Waals surface area contributed by atoms with Gasteiger partial charge in [-0.15, -0.1) is 0 Å². The van der Waals surface area contributed by atoms with Gasteiger partial charge in [-0.1, -0.05) is 0 Å². The van der Waals surface area contributed by atoms with Crippen molar-refractivity contribution < 1.29 is 9.84 Å². The average Bonchev–Trinajstić information content (AvgIpc) is 2.30. The van der Waals surface area contributed by atoms with E-state index >= 15 is 0 Å². The summed E-state index contributed by atoms with van der Waals surface area (Å²) in [5, 5.41) is 14.9. The highest BCUT2D eigenvalue weighted by molar-refractivity contribution is 5.53. The van der Waals surface area contributed by atoms with Crippen molar-refractivity contribution in [1.29, 1.82) is 0 Å². The normalized spacial score (nSPS) is 10.1. The second-order valence-electron chi connectivity index (χ2n) is 3.26. The molecule has 0 saturated carbocycles. The van der Waals surface area contributed by atoms with E-state index in [9.17, 15) is 0 Å². The molecule has 5 nitrogen and oxygen atoms in total. The minimum Gasteiger partial charge on any atom is -0.394 e. The van der Waals surface area contributed by atoms with E-state index in [0.29, 0.717) is 19.8 Å². The van der Waals surface area contributed by atoms with Crippen molar-refractivity contribution in [1.82, 2.24) is 4.98 Å². The fourth-order valence-electron chi connectivity index (χ4n) is 1.27. The number of anilines is 2. The summed E-state index contributed by atoms with van der Waals surface area (Å²) in [6, 6.07) is 2.00. The van der Waals surface area contributed by atoms with Crippen LogP contribution in [-0.2, 0) is 4.74 Å². The molecule has 0 aliphatic heterocycles. The summed E-state index contributed by atoms with van der Waals surface area (Å²) in [5.41, 5.74) is 1.97. The third-order valence-corrected chi connectivity index (χ3v) is 1.93. The number of aromatic nitrogens is 1. The maximum Gasteiger partial charge on any atom is 0.0698 e. The van der Waals surface area contributed by atoms with Gasteiger partial charge in [-0.3, -0.25) is 4.98 Å². The molecule has 0 amide bonds. The van der Waals surface area contributed by atoms with Gasteiger partial charge in [0.2, 0.25) is 0 Å². The molecular formula is C11H19N3O2. The number of rotatable bonds is 8. The van der Waals surface area contributed by atoms with Crippen LogP contribution in [0.15, 0.2) is 18.5 Å². The molecule has 1 aromatic rings. The van der Waals surface area contributed by atoms with Crippen molar-refractivity contribution in [2.45, 2.75) is 6.92 Å². The topological polar surface area (TPSA) is 66.4 Å². The number of hydrogen-bond donors (Lipinski definition) is 3. The van der Waals surface area contributed by atoms with E-state index in [2.05, 4.69) is 15.6 Å². The highest BCUT2D eigenvalue weighted by atomic mass is 16.5. The molecular weight excluding hydrogens is 206 g/mol. The zero-order valence-electron chi connectivity index (χ0n) is 9.57. The van der Waals surface area contributed by atoms with E-state index in [1.54, 1.807) is 12.4 Å². The molecule has 1 aromatic heterocycles. The van der Waals surface area contributed by atoms with E-state index in [1.165, 1.54) is 0 Å². The zero-order chi connectivity index (χ0) is 11.6. The lowest BCUT2D eigenvalue weighted by Gasteiger charge is -2.08. The van der Waals surface area contributed by atoms with Crippen LogP contribution in [0.2, 0.25) is 0 Å². The largest absolute Gasteiger partial charge is 0.394 e. The molecule has 0 fully saturated rings. The number of aliphatic hydroxyl groups is 1. The van der Waals surface area contributed by atoms with Crippen LogP contribution >= 0.6 is 0 Å². The lowest BCUT2D eigenvalue weighted by atomic mass is 10.3. The van der Waals surface area contributed by atoms with E-state index in [4.69, 9.17) is 9.84 Å². The standard InChI is InChI=1S/C11H19N3O2/c1-2-13-10-7-11(9-12-8-10)14-3-5-16-6-4-15/h7-9,13-15H,2-6H2,1H3. The fourth-order valence-corrected chi connectivity index (χ4v) is 1.27. The molecule has 1 heterocycles. The molecule has 90 valence electrons. The summed E-state index contributed by atoms with van der Waals surface area (Å²) in [4.78, 5) is 4.11. The number of pyridine rings is 1. The van der Waals surface area contributed by atoms with E-state index in [1.807, 2.05) is 13.0 Å². The minimum absolute atomic E-state index is 0.0669. The Morgan fingerprint density at radius 1 is 1.25 bits per heavy atom. The van der Waals surface area contributed by atoms with Gasteiger partial charge >= 0.3 is 0 Å². The highest BCUT2D eigenvalue weighted by Gasteiger charge is 1.95. The van der Waals surface area contributed by atoms with Crippen molar-refractivity contribution in [3.8, 4) is 0 Å². The van der Waals surface area contributed by atoms with Crippen LogP contribution < -0.4 is 10.6 Å². The number of aliphatic hydroxyl groups excluding tert-OH is 1. The van der Waals surface area contributed by atoms with Crippen molar-refractivity contribution in [2.24, 2.45) is 0 Å². The van der Waals surface area contributed by atoms with Crippen LogP contribution in [0.25, 0.3) is 0 Å². The Hall–Kier alpha value is -1.33. The van der Waals surface area contributed by atoms with Gasteiger partial charge in [0.25, 0.3) is 0 Å². The molecule has 0 bridgehead atoms. The highest BCUT2D eigenvalue weighted by Crippen LogP contribution is 2.11. The number of ether oxygens (including phenoxy) is 1. The van der Waals surface area contributed by atoms with E-state index < -0.39 is 0 Å². The Kier molecular flexibility index (Phi) is 6.29. The Morgan fingerprint density at radius 2 is 2.00 bits per heavy atom. The molecule has 3 N–H and O–H groups in total. The van der Waals surface area contributed by atoms with Crippen LogP contribution in [0.4, 0.5) is 11.4 Å². The summed E-state index contributed by atoms with van der Waals surface area (Å²) < 4.78 is 5.13. The van der Waals surface area contributed by atoms with Gasteiger partial charge in [0.15, 0.2) is 0 Å². The predicted molar refractivity (Wildman–Crippen MR) is 64.8 cm³/mol. The SMILES string of the molecule is CCNc1cncc(NCCOCCO)c1.